The van der Waals surface area contributed by atoms with Gasteiger partial charge in [0, 0.05) is 15.6 Å². The Morgan fingerprint density at radius 3 is 1.75 bits per heavy atom. The maximum atomic E-state index is 12.8. The van der Waals surface area contributed by atoms with Gasteiger partial charge in [0.05, 0.1) is 0 Å². The Bertz CT molecular complexity index is 1090. The zero-order chi connectivity index (χ0) is 20.5. The lowest BCUT2D eigenvalue weighted by molar-refractivity contribution is -0.0499. The van der Waals surface area contributed by atoms with Crippen LogP contribution in [-0.4, -0.2) is 13.9 Å². The first-order valence-corrected chi connectivity index (χ1v) is 9.90. The topological polar surface area (TPSA) is 43.4 Å². The maximum absolute atomic E-state index is 12.8. The van der Waals surface area contributed by atoms with Gasteiger partial charge in [0.25, 0.3) is 0 Å². The molecule has 0 saturated heterocycles. The molecule has 3 aromatic carbocycles. The normalized spacial score (nSPS) is 12.0. The molecule has 9 heteroatoms. The van der Waals surface area contributed by atoms with Crippen LogP contribution in [0, 0.1) is 0 Å². The predicted octanol–water partition coefficient (Wildman–Crippen LogP) is 6.56. The fourth-order valence-corrected chi connectivity index (χ4v) is 3.27. The lowest BCUT2D eigenvalue weighted by Crippen LogP contribution is -2.28. The van der Waals surface area contributed by atoms with Gasteiger partial charge in [0.2, 0.25) is 0 Å². The summed E-state index contributed by atoms with van der Waals surface area (Å²) in [6.07, 6.45) is 0. The van der Waals surface area contributed by atoms with E-state index in [-0.39, 0.29) is 5.56 Å². The van der Waals surface area contributed by atoms with E-state index >= 15 is 0 Å². The summed E-state index contributed by atoms with van der Waals surface area (Å²) in [4.78, 5) is 0. The van der Waals surface area contributed by atoms with E-state index in [2.05, 4.69) is 4.18 Å². The summed E-state index contributed by atoms with van der Waals surface area (Å²) in [5.41, 5.74) is -3.87. The van der Waals surface area contributed by atoms with Crippen molar-refractivity contribution in [2.45, 2.75) is 5.51 Å². The van der Waals surface area contributed by atoms with E-state index in [9.17, 15) is 21.6 Å². The number of rotatable bonds is 4. The highest BCUT2D eigenvalue weighted by atomic mass is 35.5. The Kier molecular flexibility index (Phi) is 5.61. The Morgan fingerprint density at radius 1 is 0.750 bits per heavy atom. The van der Waals surface area contributed by atoms with E-state index in [1.54, 1.807) is 42.5 Å². The molecule has 0 saturated carbocycles. The highest BCUT2D eigenvalue weighted by molar-refractivity contribution is 7.88. The Labute approximate surface area is 169 Å². The molecule has 28 heavy (non-hydrogen) atoms. The quantitative estimate of drug-likeness (QED) is 0.336. The monoisotopic (exact) mass is 446 g/mol. The maximum Gasteiger partial charge on any atom is 0.534 e. The van der Waals surface area contributed by atoms with Crippen molar-refractivity contribution in [2.75, 3.05) is 0 Å². The van der Waals surface area contributed by atoms with E-state index in [4.69, 9.17) is 23.2 Å². The molecule has 0 heterocycles. The standard InChI is InChI=1S/C19H11Cl2F3O3S/c20-14-8-4-12(5-9-14)16-2-1-3-17(27-28(25,26)19(22,23)24)18(16)13-6-10-15(21)11-7-13/h1-11H. The second-order valence-electron chi connectivity index (χ2n) is 5.68. The van der Waals surface area contributed by atoms with E-state index in [0.717, 1.165) is 6.07 Å². The third-order valence-electron chi connectivity index (χ3n) is 3.80. The molecule has 0 bridgehead atoms. The minimum Gasteiger partial charge on any atom is -0.375 e. The van der Waals surface area contributed by atoms with Crippen LogP contribution >= 0.6 is 23.2 Å². The van der Waals surface area contributed by atoms with Gasteiger partial charge in [0.1, 0.15) is 0 Å². The van der Waals surface area contributed by atoms with Crippen LogP contribution in [-0.2, 0) is 10.1 Å². The smallest absolute Gasteiger partial charge is 0.375 e. The molecule has 3 aromatic rings. The number of benzene rings is 3. The number of hydrogen-bond donors (Lipinski definition) is 0. The number of alkyl halides is 3. The average Bonchev–Trinajstić information content (AvgIpc) is 2.62. The first-order chi connectivity index (χ1) is 13.1. The predicted molar refractivity (Wildman–Crippen MR) is 103 cm³/mol. The van der Waals surface area contributed by atoms with E-state index < -0.39 is 21.4 Å². The summed E-state index contributed by atoms with van der Waals surface area (Å²) in [7, 11) is -5.84. The molecular weight excluding hydrogens is 436 g/mol. The molecule has 0 amide bonds. The molecule has 146 valence electrons. The van der Waals surface area contributed by atoms with Gasteiger partial charge < -0.3 is 4.18 Å². The van der Waals surface area contributed by atoms with Crippen molar-refractivity contribution in [3.63, 3.8) is 0 Å². The van der Waals surface area contributed by atoms with Gasteiger partial charge in [-0.1, -0.05) is 59.6 Å². The van der Waals surface area contributed by atoms with Gasteiger partial charge in [-0.15, -0.1) is 0 Å². The molecule has 0 aliphatic heterocycles. The van der Waals surface area contributed by atoms with Crippen molar-refractivity contribution in [3.05, 3.63) is 76.8 Å². The number of halogens is 5. The first-order valence-electron chi connectivity index (χ1n) is 7.74. The summed E-state index contributed by atoms with van der Waals surface area (Å²) in [5, 5.41) is 0.891. The second-order valence-corrected chi connectivity index (χ2v) is 8.09. The van der Waals surface area contributed by atoms with Crippen LogP contribution in [0.25, 0.3) is 22.3 Å². The Balaban J connectivity index is 2.24. The molecule has 0 unspecified atom stereocenters. The van der Waals surface area contributed by atoms with Crippen molar-refractivity contribution in [1.29, 1.82) is 0 Å². The third-order valence-corrected chi connectivity index (χ3v) is 5.27. The minimum atomic E-state index is -5.84. The van der Waals surface area contributed by atoms with Crippen LogP contribution in [0.4, 0.5) is 13.2 Å². The molecule has 0 aliphatic rings. The highest BCUT2D eigenvalue weighted by Gasteiger charge is 2.48. The van der Waals surface area contributed by atoms with Crippen LogP contribution < -0.4 is 4.18 Å². The number of hydrogen-bond acceptors (Lipinski definition) is 3. The van der Waals surface area contributed by atoms with E-state index in [1.165, 1.54) is 18.2 Å². The zero-order valence-corrected chi connectivity index (χ0v) is 16.2. The first kappa shape index (κ1) is 20.5. The lowest BCUT2D eigenvalue weighted by Gasteiger charge is -2.17. The van der Waals surface area contributed by atoms with Crippen LogP contribution in [0.5, 0.6) is 5.75 Å². The largest absolute Gasteiger partial charge is 0.534 e. The van der Waals surface area contributed by atoms with Gasteiger partial charge in [-0.3, -0.25) is 0 Å². The van der Waals surface area contributed by atoms with Crippen molar-refractivity contribution >= 4 is 33.3 Å². The molecule has 0 spiro atoms. The van der Waals surface area contributed by atoms with Crippen molar-refractivity contribution in [1.82, 2.24) is 0 Å². The summed E-state index contributed by atoms with van der Waals surface area (Å²) in [6, 6.07) is 17.0. The van der Waals surface area contributed by atoms with Crippen molar-refractivity contribution in [2.24, 2.45) is 0 Å². The SMILES string of the molecule is O=S(=O)(Oc1cccc(-c2ccc(Cl)cc2)c1-c1ccc(Cl)cc1)C(F)(F)F. The molecule has 0 atom stereocenters. The van der Waals surface area contributed by atoms with E-state index in [1.807, 2.05) is 0 Å². The second kappa shape index (κ2) is 7.66. The summed E-state index contributed by atoms with van der Waals surface area (Å²) >= 11 is 11.8. The van der Waals surface area contributed by atoms with Gasteiger partial charge >= 0.3 is 15.6 Å². The molecule has 0 fully saturated rings. The summed E-state index contributed by atoms with van der Waals surface area (Å²) < 4.78 is 66.1. The zero-order valence-electron chi connectivity index (χ0n) is 13.9. The highest BCUT2D eigenvalue weighted by Crippen LogP contribution is 2.41. The summed E-state index contributed by atoms with van der Waals surface area (Å²) in [5.74, 6) is -0.452. The molecule has 0 N–H and O–H groups in total. The van der Waals surface area contributed by atoms with E-state index in [0.29, 0.717) is 26.7 Å². The fourth-order valence-electron chi connectivity index (χ4n) is 2.55. The van der Waals surface area contributed by atoms with Gasteiger partial charge in [-0.05, 0) is 47.0 Å². The fraction of sp³-hybridized carbons (Fsp3) is 0.0526. The Hall–Kier alpha value is -2.22. The molecule has 0 radical (unpaired) electrons. The van der Waals surface area contributed by atoms with Gasteiger partial charge in [-0.25, -0.2) is 0 Å². The molecule has 0 aliphatic carbocycles. The average molecular weight is 447 g/mol. The van der Waals surface area contributed by atoms with Gasteiger partial charge in [0.15, 0.2) is 5.75 Å². The van der Waals surface area contributed by atoms with Crippen molar-refractivity contribution < 1.29 is 25.8 Å². The Morgan fingerprint density at radius 2 is 1.25 bits per heavy atom. The van der Waals surface area contributed by atoms with Gasteiger partial charge in [-0.2, -0.15) is 21.6 Å². The van der Waals surface area contributed by atoms with Crippen LogP contribution in [0.1, 0.15) is 0 Å². The molecular formula is C19H11Cl2F3O3S. The van der Waals surface area contributed by atoms with Crippen LogP contribution in [0.2, 0.25) is 10.0 Å². The third kappa shape index (κ3) is 4.27. The van der Waals surface area contributed by atoms with Crippen LogP contribution in [0.3, 0.4) is 0 Å². The minimum absolute atomic E-state index is 0.175. The van der Waals surface area contributed by atoms with Crippen molar-refractivity contribution in [3.8, 4) is 28.0 Å². The molecule has 0 aromatic heterocycles. The molecule has 3 nitrogen and oxygen atoms in total. The summed E-state index contributed by atoms with van der Waals surface area (Å²) in [6.45, 7) is 0. The van der Waals surface area contributed by atoms with Crippen LogP contribution in [0.15, 0.2) is 66.7 Å². The molecule has 3 rings (SSSR count). The lowest BCUT2D eigenvalue weighted by atomic mass is 9.94.